The Labute approximate surface area is 125 Å². The van der Waals surface area contributed by atoms with Gasteiger partial charge in [0.05, 0.1) is 11.1 Å². The summed E-state index contributed by atoms with van der Waals surface area (Å²) in [5.74, 6) is -0.566. The summed E-state index contributed by atoms with van der Waals surface area (Å²) in [5, 5.41) is 11.0. The van der Waals surface area contributed by atoms with Crippen LogP contribution in [-0.2, 0) is 6.42 Å². The van der Waals surface area contributed by atoms with Crippen molar-refractivity contribution in [3.63, 3.8) is 0 Å². The van der Waals surface area contributed by atoms with Crippen molar-refractivity contribution >= 4 is 34.8 Å². The van der Waals surface area contributed by atoms with Gasteiger partial charge in [0.2, 0.25) is 0 Å². The predicted octanol–water partition coefficient (Wildman–Crippen LogP) is 5.06. The second kappa shape index (κ2) is 6.10. The van der Waals surface area contributed by atoms with Crippen LogP contribution < -0.4 is 0 Å². The molecule has 0 heterocycles. The summed E-state index contributed by atoms with van der Waals surface area (Å²) in [6, 6.07) is 9.39. The number of rotatable bonds is 3. The third-order valence-electron chi connectivity index (χ3n) is 2.80. The average Bonchev–Trinajstić information content (AvgIpc) is 2.37. The summed E-state index contributed by atoms with van der Waals surface area (Å²) in [6.45, 7) is 0. The molecule has 0 aliphatic carbocycles. The Morgan fingerprint density at radius 1 is 1.00 bits per heavy atom. The molecule has 100 valence electrons. The highest BCUT2D eigenvalue weighted by Gasteiger charge is 2.17. The summed E-state index contributed by atoms with van der Waals surface area (Å²) in [4.78, 5) is 0. The van der Waals surface area contributed by atoms with Crippen molar-refractivity contribution in [1.82, 2.24) is 0 Å². The fraction of sp³-hybridized carbons (Fsp3) is 0.143. The maximum Gasteiger partial charge on any atom is 0.142 e. The lowest BCUT2D eigenvalue weighted by molar-refractivity contribution is 0.178. The topological polar surface area (TPSA) is 20.2 Å². The molecule has 0 aromatic heterocycles. The van der Waals surface area contributed by atoms with Crippen LogP contribution >= 0.6 is 34.8 Å². The summed E-state index contributed by atoms with van der Waals surface area (Å²) >= 11 is 17.9. The fourth-order valence-electron chi connectivity index (χ4n) is 1.81. The van der Waals surface area contributed by atoms with Gasteiger partial charge >= 0.3 is 0 Å². The van der Waals surface area contributed by atoms with E-state index in [1.165, 1.54) is 12.1 Å². The van der Waals surface area contributed by atoms with Gasteiger partial charge in [0, 0.05) is 22.0 Å². The molecule has 0 saturated heterocycles. The molecule has 1 unspecified atom stereocenters. The molecule has 0 fully saturated rings. The molecule has 0 bridgehead atoms. The zero-order valence-corrected chi connectivity index (χ0v) is 12.0. The van der Waals surface area contributed by atoms with Gasteiger partial charge < -0.3 is 5.11 Å². The highest BCUT2D eigenvalue weighted by Crippen LogP contribution is 2.32. The second-order valence-electron chi connectivity index (χ2n) is 4.06. The summed E-state index contributed by atoms with van der Waals surface area (Å²) < 4.78 is 13.3. The van der Waals surface area contributed by atoms with Crippen molar-refractivity contribution in [2.45, 2.75) is 12.5 Å². The Bertz CT molecular complexity index is 581. The van der Waals surface area contributed by atoms with Crippen LogP contribution in [0.15, 0.2) is 36.4 Å². The lowest BCUT2D eigenvalue weighted by atomic mass is 10.0. The van der Waals surface area contributed by atoms with Crippen LogP contribution in [0.1, 0.15) is 17.2 Å². The maximum absolute atomic E-state index is 13.3. The van der Waals surface area contributed by atoms with Gasteiger partial charge in [-0.05, 0) is 23.8 Å². The van der Waals surface area contributed by atoms with Gasteiger partial charge in [-0.2, -0.15) is 0 Å². The fourth-order valence-corrected chi connectivity index (χ4v) is 2.61. The molecule has 0 amide bonds. The highest BCUT2D eigenvalue weighted by atomic mass is 35.5. The number of aliphatic hydroxyl groups excluding tert-OH is 1. The average molecular weight is 320 g/mol. The van der Waals surface area contributed by atoms with Crippen LogP contribution in [0.5, 0.6) is 0 Å². The van der Waals surface area contributed by atoms with Crippen LogP contribution in [-0.4, -0.2) is 5.11 Å². The van der Waals surface area contributed by atoms with E-state index < -0.39 is 11.9 Å². The van der Waals surface area contributed by atoms with E-state index in [-0.39, 0.29) is 11.4 Å². The Balaban J connectivity index is 2.31. The number of aliphatic hydroxyl groups is 1. The maximum atomic E-state index is 13.3. The van der Waals surface area contributed by atoms with Crippen LogP contribution in [0.3, 0.4) is 0 Å². The Morgan fingerprint density at radius 3 is 2.21 bits per heavy atom. The second-order valence-corrected chi connectivity index (χ2v) is 5.26. The molecule has 2 rings (SSSR count). The standard InChI is InChI=1S/C14H10Cl3FO/c15-10-4-2-5-11(16)9(10)7-13(19)8-3-1-6-12(18)14(8)17/h1-6,13,19H,7H2. The molecule has 19 heavy (non-hydrogen) atoms. The largest absolute Gasteiger partial charge is 0.388 e. The first-order valence-electron chi connectivity index (χ1n) is 5.55. The van der Waals surface area contributed by atoms with Gasteiger partial charge in [-0.1, -0.05) is 53.0 Å². The van der Waals surface area contributed by atoms with E-state index in [1.54, 1.807) is 24.3 Å². The first-order chi connectivity index (χ1) is 9.00. The minimum absolute atomic E-state index is 0.0850. The molecule has 0 aliphatic rings. The molecule has 5 heteroatoms. The molecule has 2 aromatic carbocycles. The minimum Gasteiger partial charge on any atom is -0.388 e. The minimum atomic E-state index is -0.972. The molecular formula is C14H10Cl3FO. The van der Waals surface area contributed by atoms with E-state index >= 15 is 0 Å². The summed E-state index contributed by atoms with van der Waals surface area (Å²) in [6.07, 6.45) is -0.803. The third-order valence-corrected chi connectivity index (χ3v) is 3.91. The zero-order valence-electron chi connectivity index (χ0n) is 9.71. The van der Waals surface area contributed by atoms with E-state index in [4.69, 9.17) is 34.8 Å². The first kappa shape index (κ1) is 14.6. The molecule has 1 nitrogen and oxygen atoms in total. The number of hydrogen-bond donors (Lipinski definition) is 1. The van der Waals surface area contributed by atoms with Crippen LogP contribution in [0.2, 0.25) is 15.1 Å². The van der Waals surface area contributed by atoms with E-state index in [2.05, 4.69) is 0 Å². The SMILES string of the molecule is OC(Cc1c(Cl)cccc1Cl)c1cccc(F)c1Cl. The van der Waals surface area contributed by atoms with E-state index in [9.17, 15) is 9.50 Å². The summed E-state index contributed by atoms with van der Waals surface area (Å²) in [5.41, 5.74) is 0.927. The monoisotopic (exact) mass is 318 g/mol. The number of benzene rings is 2. The molecule has 2 aromatic rings. The van der Waals surface area contributed by atoms with Crippen molar-refractivity contribution in [3.8, 4) is 0 Å². The van der Waals surface area contributed by atoms with E-state index in [0.717, 1.165) is 0 Å². The quantitative estimate of drug-likeness (QED) is 0.838. The van der Waals surface area contributed by atoms with Crippen molar-refractivity contribution in [3.05, 3.63) is 68.4 Å². The van der Waals surface area contributed by atoms with Gasteiger partial charge in [-0.25, -0.2) is 4.39 Å². The van der Waals surface area contributed by atoms with Gasteiger partial charge in [-0.15, -0.1) is 0 Å². The molecule has 0 radical (unpaired) electrons. The Hall–Kier alpha value is -0.800. The van der Waals surface area contributed by atoms with E-state index in [1.807, 2.05) is 0 Å². The van der Waals surface area contributed by atoms with Gasteiger partial charge in [0.25, 0.3) is 0 Å². The smallest absolute Gasteiger partial charge is 0.142 e. The molecule has 0 spiro atoms. The van der Waals surface area contributed by atoms with Crippen LogP contribution in [0.4, 0.5) is 4.39 Å². The predicted molar refractivity (Wildman–Crippen MR) is 76.5 cm³/mol. The third kappa shape index (κ3) is 3.21. The Kier molecular flexibility index (Phi) is 4.69. The number of halogens is 4. The number of hydrogen-bond acceptors (Lipinski definition) is 1. The van der Waals surface area contributed by atoms with Crippen molar-refractivity contribution in [1.29, 1.82) is 0 Å². The van der Waals surface area contributed by atoms with E-state index in [0.29, 0.717) is 21.2 Å². The highest BCUT2D eigenvalue weighted by molar-refractivity contribution is 6.36. The van der Waals surface area contributed by atoms with Gasteiger partial charge in [0.1, 0.15) is 5.82 Å². The first-order valence-corrected chi connectivity index (χ1v) is 6.69. The molecule has 0 aliphatic heterocycles. The lowest BCUT2D eigenvalue weighted by Crippen LogP contribution is -2.04. The van der Waals surface area contributed by atoms with Crippen LogP contribution in [0, 0.1) is 5.82 Å². The lowest BCUT2D eigenvalue weighted by Gasteiger charge is -2.15. The zero-order chi connectivity index (χ0) is 14.0. The Morgan fingerprint density at radius 2 is 1.58 bits per heavy atom. The van der Waals surface area contributed by atoms with Crippen molar-refractivity contribution in [2.24, 2.45) is 0 Å². The summed E-state index contributed by atoms with van der Waals surface area (Å²) in [7, 11) is 0. The molecule has 0 saturated carbocycles. The normalized spacial score (nSPS) is 12.5. The van der Waals surface area contributed by atoms with Gasteiger partial charge in [-0.3, -0.25) is 0 Å². The molecule has 1 atom stereocenters. The molecule has 1 N–H and O–H groups in total. The van der Waals surface area contributed by atoms with Crippen LogP contribution in [0.25, 0.3) is 0 Å². The van der Waals surface area contributed by atoms with Crippen molar-refractivity contribution in [2.75, 3.05) is 0 Å². The molecular weight excluding hydrogens is 310 g/mol. The van der Waals surface area contributed by atoms with Crippen molar-refractivity contribution < 1.29 is 9.50 Å². The van der Waals surface area contributed by atoms with Gasteiger partial charge in [0.15, 0.2) is 0 Å².